The van der Waals surface area contributed by atoms with Gasteiger partial charge in [0, 0.05) is 11.5 Å². The molecule has 0 aliphatic heterocycles. The predicted octanol–water partition coefficient (Wildman–Crippen LogP) is 3.71. The molecule has 0 fully saturated rings. The molecule has 0 aromatic heterocycles. The van der Waals surface area contributed by atoms with Crippen LogP contribution in [0, 0.1) is 23.3 Å². The Morgan fingerprint density at radius 2 is 1.75 bits per heavy atom. The second-order valence-corrected chi connectivity index (χ2v) is 3.78. The van der Waals surface area contributed by atoms with E-state index in [4.69, 9.17) is 5.53 Å². The van der Waals surface area contributed by atoms with Crippen molar-refractivity contribution >= 4 is 11.6 Å². The molecular weight excluding hydrogens is 280 g/mol. The first-order valence-corrected chi connectivity index (χ1v) is 5.64. The number of nitrogens with one attached hydrogen (secondary N) is 1. The van der Waals surface area contributed by atoms with Crippen LogP contribution < -0.4 is 5.32 Å². The Morgan fingerprint density at radius 1 is 1.20 bits per heavy atom. The van der Waals surface area contributed by atoms with E-state index in [1.807, 2.05) is 6.92 Å². The summed E-state index contributed by atoms with van der Waals surface area (Å²) in [4.78, 5) is 13.6. The number of hydrogen-bond donors (Lipinski definition) is 1. The standard InChI is InChI=1S/C11H10F4N4O/c1-2-3-4-17-11(20)5-6(12)8(14)10(18-19-16)9(15)7(5)13/h2-4H2,1H3,(H,17,20). The Bertz CT molecular complexity index is 555. The molecule has 9 heteroatoms. The summed E-state index contributed by atoms with van der Waals surface area (Å²) in [6, 6.07) is 0. The van der Waals surface area contributed by atoms with Gasteiger partial charge in [0.2, 0.25) is 0 Å². The van der Waals surface area contributed by atoms with E-state index in [-0.39, 0.29) is 6.54 Å². The van der Waals surface area contributed by atoms with Gasteiger partial charge >= 0.3 is 0 Å². The molecule has 1 rings (SSSR count). The Kier molecular flexibility index (Phi) is 5.33. The number of benzene rings is 1. The lowest BCUT2D eigenvalue weighted by atomic mass is 10.1. The average molecular weight is 290 g/mol. The van der Waals surface area contributed by atoms with Crippen LogP contribution in [0.2, 0.25) is 0 Å². The molecule has 1 amide bonds. The van der Waals surface area contributed by atoms with E-state index in [1.165, 1.54) is 0 Å². The van der Waals surface area contributed by atoms with Crippen LogP contribution in [0.3, 0.4) is 0 Å². The van der Waals surface area contributed by atoms with Crippen molar-refractivity contribution in [3.8, 4) is 0 Å². The first-order chi connectivity index (χ1) is 9.45. The van der Waals surface area contributed by atoms with Crippen molar-refractivity contribution in [2.45, 2.75) is 19.8 Å². The Balaban J connectivity index is 3.28. The van der Waals surface area contributed by atoms with Gasteiger partial charge < -0.3 is 5.32 Å². The van der Waals surface area contributed by atoms with Crippen molar-refractivity contribution < 1.29 is 22.4 Å². The van der Waals surface area contributed by atoms with Crippen LogP contribution in [0.15, 0.2) is 5.11 Å². The highest BCUT2D eigenvalue weighted by molar-refractivity contribution is 5.95. The number of amides is 1. The minimum Gasteiger partial charge on any atom is -0.352 e. The summed E-state index contributed by atoms with van der Waals surface area (Å²) in [7, 11) is 0. The summed E-state index contributed by atoms with van der Waals surface area (Å²) in [5.41, 5.74) is 5.24. The van der Waals surface area contributed by atoms with Gasteiger partial charge in [0.1, 0.15) is 11.3 Å². The van der Waals surface area contributed by atoms with Crippen LogP contribution >= 0.6 is 0 Å². The molecule has 0 spiro atoms. The first kappa shape index (κ1) is 15.8. The number of nitrogens with zero attached hydrogens (tertiary/aromatic N) is 3. The molecule has 0 radical (unpaired) electrons. The predicted molar refractivity (Wildman–Crippen MR) is 62.3 cm³/mol. The van der Waals surface area contributed by atoms with Crippen molar-refractivity contribution in [1.82, 2.24) is 5.32 Å². The van der Waals surface area contributed by atoms with Crippen LogP contribution in [0.4, 0.5) is 23.2 Å². The average Bonchev–Trinajstić information content (AvgIpc) is 2.42. The lowest BCUT2D eigenvalue weighted by Crippen LogP contribution is -2.27. The zero-order valence-electron chi connectivity index (χ0n) is 10.4. The zero-order valence-corrected chi connectivity index (χ0v) is 10.4. The van der Waals surface area contributed by atoms with Crippen molar-refractivity contribution in [3.63, 3.8) is 0 Å². The van der Waals surface area contributed by atoms with Crippen molar-refractivity contribution in [2.24, 2.45) is 5.11 Å². The van der Waals surface area contributed by atoms with Gasteiger partial charge in [0.25, 0.3) is 5.91 Å². The molecule has 108 valence electrons. The molecule has 0 saturated heterocycles. The monoisotopic (exact) mass is 290 g/mol. The van der Waals surface area contributed by atoms with Gasteiger partial charge in [-0.05, 0) is 12.0 Å². The number of hydrogen-bond acceptors (Lipinski definition) is 2. The SMILES string of the molecule is CCCCNC(=O)c1c(F)c(F)c(N=[N+]=[N-])c(F)c1F. The summed E-state index contributed by atoms with van der Waals surface area (Å²) >= 11 is 0. The maximum atomic E-state index is 13.6. The van der Waals surface area contributed by atoms with Gasteiger partial charge in [-0.2, -0.15) is 0 Å². The van der Waals surface area contributed by atoms with Crippen molar-refractivity contribution in [2.75, 3.05) is 6.54 Å². The Labute approximate surface area is 111 Å². The summed E-state index contributed by atoms with van der Waals surface area (Å²) in [5, 5.41) is 4.65. The van der Waals surface area contributed by atoms with Gasteiger partial charge in [-0.3, -0.25) is 4.79 Å². The third-order valence-corrected chi connectivity index (χ3v) is 2.43. The fourth-order valence-corrected chi connectivity index (χ4v) is 1.42. The van der Waals surface area contributed by atoms with E-state index >= 15 is 0 Å². The highest BCUT2D eigenvalue weighted by atomic mass is 19.2. The van der Waals surface area contributed by atoms with E-state index in [9.17, 15) is 22.4 Å². The second kappa shape index (κ2) is 6.76. The van der Waals surface area contributed by atoms with Gasteiger partial charge in [-0.15, -0.1) is 0 Å². The second-order valence-electron chi connectivity index (χ2n) is 3.78. The van der Waals surface area contributed by atoms with E-state index in [1.54, 1.807) is 0 Å². The number of unbranched alkanes of at least 4 members (excludes halogenated alkanes) is 1. The molecule has 0 heterocycles. The normalized spacial score (nSPS) is 10.1. The van der Waals surface area contributed by atoms with E-state index in [0.717, 1.165) is 0 Å². The number of carbonyl (C=O) groups excluding carboxylic acids is 1. The Morgan fingerprint density at radius 3 is 2.20 bits per heavy atom. The van der Waals surface area contributed by atoms with E-state index < -0.39 is 40.4 Å². The van der Waals surface area contributed by atoms with Gasteiger partial charge in [0.15, 0.2) is 23.3 Å². The number of azide groups is 1. The quantitative estimate of drug-likeness (QED) is 0.220. The summed E-state index contributed by atoms with van der Waals surface area (Å²) in [5.74, 6) is -8.91. The van der Waals surface area contributed by atoms with Crippen molar-refractivity contribution in [1.29, 1.82) is 0 Å². The summed E-state index contributed by atoms with van der Waals surface area (Å²) in [6.07, 6.45) is 1.25. The maximum absolute atomic E-state index is 13.6. The first-order valence-electron chi connectivity index (χ1n) is 5.64. The highest BCUT2D eigenvalue weighted by Crippen LogP contribution is 2.30. The molecule has 0 atom stereocenters. The molecule has 1 N–H and O–H groups in total. The molecule has 0 aliphatic carbocycles. The zero-order chi connectivity index (χ0) is 15.3. The molecule has 0 bridgehead atoms. The molecule has 20 heavy (non-hydrogen) atoms. The van der Waals surface area contributed by atoms with Crippen LogP contribution in [0.25, 0.3) is 10.4 Å². The highest BCUT2D eigenvalue weighted by Gasteiger charge is 2.28. The van der Waals surface area contributed by atoms with Crippen molar-refractivity contribution in [3.05, 3.63) is 39.3 Å². The minimum absolute atomic E-state index is 0.107. The largest absolute Gasteiger partial charge is 0.352 e. The molecular formula is C11H10F4N4O. The summed E-state index contributed by atoms with van der Waals surface area (Å²) in [6.45, 7) is 1.93. The van der Waals surface area contributed by atoms with Crippen LogP contribution in [-0.4, -0.2) is 12.5 Å². The maximum Gasteiger partial charge on any atom is 0.257 e. The van der Waals surface area contributed by atoms with E-state index in [2.05, 4.69) is 15.3 Å². The smallest absolute Gasteiger partial charge is 0.257 e. The molecule has 0 unspecified atom stereocenters. The Hall–Kier alpha value is -2.28. The van der Waals surface area contributed by atoms with Crippen LogP contribution in [0.1, 0.15) is 30.1 Å². The number of carbonyl (C=O) groups is 1. The molecule has 5 nitrogen and oxygen atoms in total. The lowest BCUT2D eigenvalue weighted by molar-refractivity contribution is 0.0942. The third-order valence-electron chi connectivity index (χ3n) is 2.43. The summed E-state index contributed by atoms with van der Waals surface area (Å²) < 4.78 is 53.9. The molecule has 0 saturated carbocycles. The molecule has 0 aliphatic rings. The molecule has 1 aromatic rings. The topological polar surface area (TPSA) is 77.9 Å². The fraction of sp³-hybridized carbons (Fsp3) is 0.364. The van der Waals surface area contributed by atoms with Crippen LogP contribution in [-0.2, 0) is 0 Å². The van der Waals surface area contributed by atoms with Gasteiger partial charge in [-0.1, -0.05) is 18.5 Å². The fourth-order valence-electron chi connectivity index (χ4n) is 1.42. The van der Waals surface area contributed by atoms with Gasteiger partial charge in [0.05, 0.1) is 0 Å². The molecule has 1 aromatic carbocycles. The minimum atomic E-state index is -1.91. The number of rotatable bonds is 5. The third kappa shape index (κ3) is 3.00. The van der Waals surface area contributed by atoms with Crippen LogP contribution in [0.5, 0.6) is 0 Å². The number of halogens is 4. The van der Waals surface area contributed by atoms with E-state index in [0.29, 0.717) is 12.8 Å². The van der Waals surface area contributed by atoms with Gasteiger partial charge in [-0.25, -0.2) is 17.6 Å². The lowest BCUT2D eigenvalue weighted by Gasteiger charge is -2.09.